The second-order valence-corrected chi connectivity index (χ2v) is 10.7. The van der Waals surface area contributed by atoms with Gasteiger partial charge in [0, 0.05) is 0 Å². The minimum atomic E-state index is -0.148. The van der Waals surface area contributed by atoms with Crippen LogP contribution < -0.4 is 4.90 Å². The van der Waals surface area contributed by atoms with Gasteiger partial charge in [-0.3, -0.25) is 0 Å². The van der Waals surface area contributed by atoms with E-state index >= 15 is 0 Å². The van der Waals surface area contributed by atoms with Crippen molar-refractivity contribution in [2.24, 2.45) is 0 Å². The van der Waals surface area contributed by atoms with Crippen LogP contribution in [0.25, 0.3) is 17.2 Å². The Hall–Kier alpha value is -2.68. The van der Waals surface area contributed by atoms with Crippen LogP contribution in [0.3, 0.4) is 0 Å². The van der Waals surface area contributed by atoms with Crippen LogP contribution in [0.15, 0.2) is 54.1 Å². The molecule has 2 aliphatic rings. The number of nitrogens with zero attached hydrogens (tertiary/aromatic N) is 1. The number of Topliss-reactive ketones (excluding diaryl/α,β-unsaturated/α-hetero) is 2. The van der Waals surface area contributed by atoms with E-state index < -0.39 is 0 Å². The molecule has 0 amide bonds. The fourth-order valence-corrected chi connectivity index (χ4v) is 6.96. The minimum absolute atomic E-state index is 0.0416. The summed E-state index contributed by atoms with van der Waals surface area (Å²) in [6.07, 6.45) is 1.84. The van der Waals surface area contributed by atoms with E-state index in [4.69, 9.17) is 0 Å². The van der Waals surface area contributed by atoms with Gasteiger partial charge in [0.1, 0.15) is 0 Å². The molecule has 0 N–H and O–H groups in total. The summed E-state index contributed by atoms with van der Waals surface area (Å²) in [4.78, 5) is 27.6. The summed E-state index contributed by atoms with van der Waals surface area (Å²) in [6, 6.07) is 15.9. The standard InChI is InChI=1S/C25H21NO2Se/c1-25(2)21-11-14(26(3)4)9-10-16(21)19-12-15(29-24(19)25)13-20-22(27)17-7-5-6-8-18(17)23(20)28/h5-13H,1-4H3. The van der Waals surface area contributed by atoms with Crippen LogP contribution in [0.1, 0.15) is 49.0 Å². The zero-order chi connectivity index (χ0) is 20.5. The normalized spacial score (nSPS) is 15.9. The monoisotopic (exact) mass is 447 g/mol. The van der Waals surface area contributed by atoms with Crippen molar-refractivity contribution < 1.29 is 9.59 Å². The number of carbonyl (C=O) groups excluding carboxylic acids is 2. The first-order valence-corrected chi connectivity index (χ1v) is 11.4. The average Bonchev–Trinajstić information content (AvgIpc) is 3.29. The zero-order valence-corrected chi connectivity index (χ0v) is 18.6. The van der Waals surface area contributed by atoms with Gasteiger partial charge in [0.2, 0.25) is 0 Å². The van der Waals surface area contributed by atoms with Crippen LogP contribution in [0.4, 0.5) is 5.69 Å². The van der Waals surface area contributed by atoms with Crippen molar-refractivity contribution in [3.8, 4) is 11.1 Å². The summed E-state index contributed by atoms with van der Waals surface area (Å²) in [5.41, 5.74) is 6.43. The number of allylic oxidation sites excluding steroid dienone is 1. The molecule has 3 nitrogen and oxygen atoms in total. The molecule has 0 aliphatic heterocycles. The predicted molar refractivity (Wildman–Crippen MR) is 118 cm³/mol. The molecule has 4 heteroatoms. The predicted octanol–water partition coefficient (Wildman–Crippen LogP) is 4.58. The van der Waals surface area contributed by atoms with Crippen LogP contribution in [0.2, 0.25) is 0 Å². The molecule has 2 aliphatic carbocycles. The molecule has 0 fully saturated rings. The van der Waals surface area contributed by atoms with Crippen LogP contribution in [-0.2, 0) is 5.41 Å². The Balaban J connectivity index is 1.60. The van der Waals surface area contributed by atoms with Gasteiger partial charge >= 0.3 is 176 Å². The van der Waals surface area contributed by atoms with E-state index in [0.717, 1.165) is 4.44 Å². The molecule has 3 aromatic rings. The molecule has 0 bridgehead atoms. The number of fused-ring (bicyclic) bond motifs is 4. The van der Waals surface area contributed by atoms with E-state index in [1.807, 2.05) is 18.2 Å². The number of benzene rings is 2. The molecule has 144 valence electrons. The molecule has 0 radical (unpaired) electrons. The molecular formula is C25H21NO2Se. The fourth-order valence-electron chi connectivity index (χ4n) is 4.38. The van der Waals surface area contributed by atoms with Gasteiger partial charge in [-0.15, -0.1) is 0 Å². The summed E-state index contributed by atoms with van der Waals surface area (Å²) < 4.78 is 2.53. The summed E-state index contributed by atoms with van der Waals surface area (Å²) in [6.45, 7) is 4.56. The van der Waals surface area contributed by atoms with Crippen molar-refractivity contribution in [3.05, 3.63) is 79.7 Å². The van der Waals surface area contributed by atoms with Crippen molar-refractivity contribution >= 4 is 37.8 Å². The second kappa shape index (κ2) is 6.16. The number of rotatable bonds is 2. The van der Waals surface area contributed by atoms with E-state index in [-0.39, 0.29) is 31.5 Å². The number of hydrogen-bond acceptors (Lipinski definition) is 3. The Morgan fingerprint density at radius 2 is 1.52 bits per heavy atom. The maximum absolute atomic E-state index is 12.7. The maximum atomic E-state index is 12.7. The van der Waals surface area contributed by atoms with Crippen molar-refractivity contribution in [1.82, 2.24) is 0 Å². The number of ketones is 2. The molecule has 29 heavy (non-hydrogen) atoms. The molecule has 0 saturated carbocycles. The van der Waals surface area contributed by atoms with Crippen molar-refractivity contribution in [3.63, 3.8) is 0 Å². The van der Waals surface area contributed by atoms with Gasteiger partial charge in [-0.1, -0.05) is 0 Å². The van der Waals surface area contributed by atoms with Gasteiger partial charge in [0.25, 0.3) is 0 Å². The van der Waals surface area contributed by atoms with Gasteiger partial charge in [-0.2, -0.15) is 0 Å². The molecule has 0 atom stereocenters. The number of anilines is 1. The first-order chi connectivity index (χ1) is 13.8. The first kappa shape index (κ1) is 18.4. The van der Waals surface area contributed by atoms with E-state index in [2.05, 4.69) is 57.1 Å². The SMILES string of the molecule is CN(C)c1ccc2c(c1)C(C)(C)c1[se]c(C=C3C(=O)c4ccccc4C3=O)cc1-2. The zero-order valence-electron chi connectivity index (χ0n) is 16.9. The Kier molecular flexibility index (Phi) is 3.90. The van der Waals surface area contributed by atoms with Crippen LogP contribution in [0, 0.1) is 0 Å². The first-order valence-electron chi connectivity index (χ1n) is 9.65. The second-order valence-electron chi connectivity index (χ2n) is 8.40. The number of carbonyl (C=O) groups is 2. The van der Waals surface area contributed by atoms with Gasteiger partial charge < -0.3 is 0 Å². The Morgan fingerprint density at radius 3 is 2.14 bits per heavy atom. The molecule has 0 unspecified atom stereocenters. The van der Waals surface area contributed by atoms with E-state index in [0.29, 0.717) is 16.7 Å². The molecule has 2 aromatic carbocycles. The van der Waals surface area contributed by atoms with E-state index in [1.54, 1.807) is 12.1 Å². The third-order valence-electron chi connectivity index (χ3n) is 5.99. The van der Waals surface area contributed by atoms with E-state index in [9.17, 15) is 9.59 Å². The Labute approximate surface area is 176 Å². The van der Waals surface area contributed by atoms with Crippen molar-refractivity contribution in [1.29, 1.82) is 0 Å². The Morgan fingerprint density at radius 1 is 0.862 bits per heavy atom. The van der Waals surface area contributed by atoms with Gasteiger partial charge in [-0.05, 0) is 0 Å². The topological polar surface area (TPSA) is 37.4 Å². The van der Waals surface area contributed by atoms with Crippen LogP contribution in [-0.4, -0.2) is 40.2 Å². The van der Waals surface area contributed by atoms with Gasteiger partial charge in [0.15, 0.2) is 0 Å². The molecule has 1 aromatic heterocycles. The van der Waals surface area contributed by atoms with Crippen LogP contribution >= 0.6 is 0 Å². The summed E-state index contributed by atoms with van der Waals surface area (Å²) in [5, 5.41) is 0. The third-order valence-corrected chi connectivity index (χ3v) is 8.94. The summed E-state index contributed by atoms with van der Waals surface area (Å²) >= 11 is 0.0957. The van der Waals surface area contributed by atoms with Crippen molar-refractivity contribution in [2.45, 2.75) is 19.3 Å². The molecule has 0 saturated heterocycles. The molecule has 5 rings (SSSR count). The van der Waals surface area contributed by atoms with Crippen molar-refractivity contribution in [2.75, 3.05) is 19.0 Å². The fraction of sp³-hybridized carbons (Fsp3) is 0.200. The van der Waals surface area contributed by atoms with Crippen LogP contribution in [0.5, 0.6) is 0 Å². The molecule has 0 spiro atoms. The molecule has 1 heterocycles. The third kappa shape index (κ3) is 2.56. The van der Waals surface area contributed by atoms with Gasteiger partial charge in [0.05, 0.1) is 0 Å². The van der Waals surface area contributed by atoms with Gasteiger partial charge in [-0.25, -0.2) is 0 Å². The Bertz CT molecular complexity index is 1210. The quantitative estimate of drug-likeness (QED) is 0.329. The summed E-state index contributed by atoms with van der Waals surface area (Å²) in [5.74, 6) is -0.297. The number of hydrogen-bond donors (Lipinski definition) is 0. The summed E-state index contributed by atoms with van der Waals surface area (Å²) in [7, 11) is 4.12. The van der Waals surface area contributed by atoms with E-state index in [1.165, 1.54) is 26.8 Å². The average molecular weight is 446 g/mol. The molecular weight excluding hydrogens is 425 g/mol.